The SMILES string of the molecule is CCCCCCCCCCOCC(C)(C)N. The summed E-state index contributed by atoms with van der Waals surface area (Å²) >= 11 is 0. The van der Waals surface area contributed by atoms with Crippen molar-refractivity contribution in [1.29, 1.82) is 0 Å². The summed E-state index contributed by atoms with van der Waals surface area (Å²) in [5, 5.41) is 0. The third kappa shape index (κ3) is 13.9. The third-order valence-corrected chi connectivity index (χ3v) is 2.62. The smallest absolute Gasteiger partial charge is 0.0640 e. The normalized spacial score (nSPS) is 12.0. The predicted molar refractivity (Wildman–Crippen MR) is 71.7 cm³/mol. The third-order valence-electron chi connectivity index (χ3n) is 2.62. The molecular weight excluding hydrogens is 198 g/mol. The Morgan fingerprint density at radius 1 is 0.875 bits per heavy atom. The summed E-state index contributed by atoms with van der Waals surface area (Å²) in [6.45, 7) is 7.80. The fourth-order valence-electron chi connectivity index (χ4n) is 1.67. The molecule has 0 bridgehead atoms. The van der Waals surface area contributed by atoms with Crippen LogP contribution >= 0.6 is 0 Å². The van der Waals surface area contributed by atoms with Crippen LogP contribution in [0.2, 0.25) is 0 Å². The van der Waals surface area contributed by atoms with Gasteiger partial charge in [0, 0.05) is 12.1 Å². The summed E-state index contributed by atoms with van der Waals surface area (Å²) in [6, 6.07) is 0. The standard InChI is InChI=1S/C14H31NO/c1-4-5-6-7-8-9-10-11-12-16-13-14(2,3)15/h4-13,15H2,1-3H3. The molecule has 0 aromatic carbocycles. The Morgan fingerprint density at radius 3 is 1.88 bits per heavy atom. The highest BCUT2D eigenvalue weighted by atomic mass is 16.5. The van der Waals surface area contributed by atoms with Crippen LogP contribution in [0, 0.1) is 0 Å². The molecule has 0 heterocycles. The second-order valence-electron chi connectivity index (χ2n) is 5.52. The molecule has 0 aliphatic rings. The summed E-state index contributed by atoms with van der Waals surface area (Å²) in [5.41, 5.74) is 5.64. The van der Waals surface area contributed by atoms with Gasteiger partial charge in [-0.15, -0.1) is 0 Å². The van der Waals surface area contributed by atoms with Crippen molar-refractivity contribution in [3.05, 3.63) is 0 Å². The summed E-state index contributed by atoms with van der Waals surface area (Å²) in [4.78, 5) is 0. The van der Waals surface area contributed by atoms with E-state index in [1.165, 1.54) is 51.4 Å². The highest BCUT2D eigenvalue weighted by Gasteiger charge is 2.09. The largest absolute Gasteiger partial charge is 0.380 e. The molecular formula is C14H31NO. The lowest BCUT2D eigenvalue weighted by molar-refractivity contribution is 0.0940. The van der Waals surface area contributed by atoms with Crippen molar-refractivity contribution in [3.8, 4) is 0 Å². The summed E-state index contributed by atoms with van der Waals surface area (Å²) in [6.07, 6.45) is 10.8. The van der Waals surface area contributed by atoms with Crippen molar-refractivity contribution in [1.82, 2.24) is 0 Å². The Balaban J connectivity index is 2.99. The van der Waals surface area contributed by atoms with Crippen LogP contribution in [0.1, 0.15) is 72.1 Å². The minimum absolute atomic E-state index is 0.180. The molecule has 0 radical (unpaired) electrons. The van der Waals surface area contributed by atoms with Crippen molar-refractivity contribution in [3.63, 3.8) is 0 Å². The molecule has 0 spiro atoms. The van der Waals surface area contributed by atoms with Gasteiger partial charge in [0.1, 0.15) is 0 Å². The number of hydrogen-bond acceptors (Lipinski definition) is 2. The summed E-state index contributed by atoms with van der Waals surface area (Å²) in [5.74, 6) is 0. The number of unbranched alkanes of at least 4 members (excludes halogenated alkanes) is 7. The van der Waals surface area contributed by atoms with Gasteiger partial charge in [-0.25, -0.2) is 0 Å². The van der Waals surface area contributed by atoms with E-state index in [0.717, 1.165) is 6.61 Å². The molecule has 0 fully saturated rings. The molecule has 0 aromatic rings. The van der Waals surface area contributed by atoms with Crippen molar-refractivity contribution in [2.75, 3.05) is 13.2 Å². The van der Waals surface area contributed by atoms with Crippen LogP contribution in [0.5, 0.6) is 0 Å². The Bertz CT molecular complexity index is 140. The van der Waals surface area contributed by atoms with E-state index >= 15 is 0 Å². The lowest BCUT2D eigenvalue weighted by Gasteiger charge is -2.18. The quantitative estimate of drug-likeness (QED) is 0.546. The molecule has 0 amide bonds. The molecule has 0 saturated heterocycles. The molecule has 0 saturated carbocycles. The van der Waals surface area contributed by atoms with Crippen LogP contribution in [0.15, 0.2) is 0 Å². The Morgan fingerprint density at radius 2 is 1.38 bits per heavy atom. The maximum atomic E-state index is 5.82. The molecule has 2 N–H and O–H groups in total. The zero-order valence-electron chi connectivity index (χ0n) is 11.6. The maximum absolute atomic E-state index is 5.82. The van der Waals surface area contributed by atoms with E-state index in [1.807, 2.05) is 13.8 Å². The van der Waals surface area contributed by atoms with Gasteiger partial charge in [0.05, 0.1) is 6.61 Å². The van der Waals surface area contributed by atoms with E-state index in [4.69, 9.17) is 10.5 Å². The second kappa shape index (κ2) is 10.1. The Kier molecular flexibility index (Phi) is 10.0. The maximum Gasteiger partial charge on any atom is 0.0640 e. The van der Waals surface area contributed by atoms with Crippen LogP contribution in [0.4, 0.5) is 0 Å². The fraction of sp³-hybridized carbons (Fsp3) is 1.00. The zero-order valence-corrected chi connectivity index (χ0v) is 11.6. The average molecular weight is 229 g/mol. The van der Waals surface area contributed by atoms with E-state index in [0.29, 0.717) is 6.61 Å². The van der Waals surface area contributed by atoms with Gasteiger partial charge in [0.15, 0.2) is 0 Å². The van der Waals surface area contributed by atoms with Gasteiger partial charge < -0.3 is 10.5 Å². The highest BCUT2D eigenvalue weighted by molar-refractivity contribution is 4.69. The van der Waals surface area contributed by atoms with Crippen molar-refractivity contribution >= 4 is 0 Å². The molecule has 0 rings (SSSR count). The Labute approximate surface area is 102 Å². The van der Waals surface area contributed by atoms with E-state index in [9.17, 15) is 0 Å². The first-order chi connectivity index (χ1) is 7.56. The predicted octanol–water partition coefficient (Wildman–Crippen LogP) is 3.88. The monoisotopic (exact) mass is 229 g/mol. The Hall–Kier alpha value is -0.0800. The van der Waals surface area contributed by atoms with Crippen molar-refractivity contribution in [2.24, 2.45) is 5.73 Å². The van der Waals surface area contributed by atoms with E-state index in [2.05, 4.69) is 6.92 Å². The second-order valence-corrected chi connectivity index (χ2v) is 5.52. The first kappa shape index (κ1) is 15.9. The van der Waals surface area contributed by atoms with Gasteiger partial charge in [-0.05, 0) is 20.3 Å². The van der Waals surface area contributed by atoms with Crippen molar-refractivity contribution < 1.29 is 4.74 Å². The topological polar surface area (TPSA) is 35.2 Å². The molecule has 16 heavy (non-hydrogen) atoms. The van der Waals surface area contributed by atoms with Gasteiger partial charge in [-0.2, -0.15) is 0 Å². The summed E-state index contributed by atoms with van der Waals surface area (Å²) < 4.78 is 5.52. The first-order valence-corrected chi connectivity index (χ1v) is 6.93. The van der Waals surface area contributed by atoms with Crippen LogP contribution in [-0.2, 0) is 4.74 Å². The molecule has 98 valence electrons. The van der Waals surface area contributed by atoms with Crippen LogP contribution in [0.3, 0.4) is 0 Å². The molecule has 2 heteroatoms. The lowest BCUT2D eigenvalue weighted by atomic mass is 10.1. The molecule has 0 aliphatic carbocycles. The van der Waals surface area contributed by atoms with Crippen LogP contribution in [-0.4, -0.2) is 18.8 Å². The van der Waals surface area contributed by atoms with Crippen molar-refractivity contribution in [2.45, 2.75) is 77.7 Å². The van der Waals surface area contributed by atoms with Gasteiger partial charge in [0.2, 0.25) is 0 Å². The number of ether oxygens (including phenoxy) is 1. The zero-order chi connectivity index (χ0) is 12.3. The molecule has 2 nitrogen and oxygen atoms in total. The molecule has 0 atom stereocenters. The van der Waals surface area contributed by atoms with Gasteiger partial charge in [-0.1, -0.05) is 51.9 Å². The molecule has 0 aromatic heterocycles. The van der Waals surface area contributed by atoms with E-state index < -0.39 is 0 Å². The van der Waals surface area contributed by atoms with Gasteiger partial charge in [0.25, 0.3) is 0 Å². The fourth-order valence-corrected chi connectivity index (χ4v) is 1.67. The average Bonchev–Trinajstić information content (AvgIpc) is 2.19. The number of hydrogen-bond donors (Lipinski definition) is 1. The lowest BCUT2D eigenvalue weighted by Crippen LogP contribution is -2.37. The summed E-state index contributed by atoms with van der Waals surface area (Å²) in [7, 11) is 0. The minimum Gasteiger partial charge on any atom is -0.380 e. The molecule has 0 unspecified atom stereocenters. The van der Waals surface area contributed by atoms with Crippen LogP contribution < -0.4 is 5.73 Å². The van der Waals surface area contributed by atoms with Gasteiger partial charge >= 0.3 is 0 Å². The highest BCUT2D eigenvalue weighted by Crippen LogP contribution is 2.08. The first-order valence-electron chi connectivity index (χ1n) is 6.93. The van der Waals surface area contributed by atoms with E-state index in [1.54, 1.807) is 0 Å². The van der Waals surface area contributed by atoms with E-state index in [-0.39, 0.29) is 5.54 Å². The molecule has 0 aliphatic heterocycles. The number of nitrogens with two attached hydrogens (primary N) is 1. The van der Waals surface area contributed by atoms with Crippen LogP contribution in [0.25, 0.3) is 0 Å². The minimum atomic E-state index is -0.180. The van der Waals surface area contributed by atoms with Gasteiger partial charge in [-0.3, -0.25) is 0 Å². The number of rotatable bonds is 11.